The van der Waals surface area contributed by atoms with Gasteiger partial charge in [0.2, 0.25) is 5.91 Å². The Hall–Kier alpha value is -1.36. The first-order chi connectivity index (χ1) is 7.47. The zero-order chi connectivity index (χ0) is 12.6. The Morgan fingerprint density at radius 2 is 2.06 bits per heavy atom. The molecule has 16 heavy (non-hydrogen) atoms. The van der Waals surface area contributed by atoms with Crippen molar-refractivity contribution < 1.29 is 14.7 Å². The Kier molecular flexibility index (Phi) is 7.20. The maximum Gasteiger partial charge on any atom is 0.328 e. The highest BCUT2D eigenvalue weighted by Crippen LogP contribution is 1.97. The lowest BCUT2D eigenvalue weighted by Crippen LogP contribution is -2.36. The molecule has 0 aromatic rings. The van der Waals surface area contributed by atoms with E-state index in [1.54, 1.807) is 0 Å². The number of rotatable bonds is 7. The molecule has 5 nitrogen and oxygen atoms in total. The van der Waals surface area contributed by atoms with Crippen molar-refractivity contribution in [3.8, 4) is 0 Å². The van der Waals surface area contributed by atoms with Gasteiger partial charge in [0.05, 0.1) is 0 Å². The second-order valence-electron chi connectivity index (χ2n) is 3.70. The van der Waals surface area contributed by atoms with Crippen molar-refractivity contribution in [2.75, 3.05) is 20.1 Å². The van der Waals surface area contributed by atoms with Crippen molar-refractivity contribution in [1.29, 1.82) is 0 Å². The molecule has 0 spiro atoms. The van der Waals surface area contributed by atoms with Gasteiger partial charge < -0.3 is 15.3 Å². The molecule has 0 aromatic heterocycles. The Balaban J connectivity index is 3.74. The number of hydrogen-bond donors (Lipinski definition) is 2. The van der Waals surface area contributed by atoms with E-state index in [4.69, 9.17) is 5.11 Å². The summed E-state index contributed by atoms with van der Waals surface area (Å²) in [5, 5.41) is 10.9. The number of nitrogens with zero attached hydrogens (tertiary/aromatic N) is 1. The first-order valence-corrected chi connectivity index (χ1v) is 5.36. The van der Waals surface area contributed by atoms with Gasteiger partial charge in [-0.3, -0.25) is 4.79 Å². The maximum atomic E-state index is 11.1. The van der Waals surface area contributed by atoms with E-state index in [9.17, 15) is 9.59 Å². The summed E-state index contributed by atoms with van der Waals surface area (Å²) in [6.45, 7) is 5.49. The van der Waals surface area contributed by atoms with Crippen molar-refractivity contribution in [1.82, 2.24) is 10.2 Å². The topological polar surface area (TPSA) is 69.6 Å². The number of carboxylic acid groups (broad SMARTS) is 1. The van der Waals surface area contributed by atoms with E-state index >= 15 is 0 Å². The largest absolute Gasteiger partial charge is 0.478 e. The van der Waals surface area contributed by atoms with Crippen LogP contribution in [-0.2, 0) is 9.59 Å². The third-order valence-corrected chi connectivity index (χ3v) is 2.48. The lowest BCUT2D eigenvalue weighted by atomic mass is 10.2. The van der Waals surface area contributed by atoms with Crippen LogP contribution in [0.15, 0.2) is 12.2 Å². The van der Waals surface area contributed by atoms with Gasteiger partial charge in [0.15, 0.2) is 0 Å². The van der Waals surface area contributed by atoms with Crippen molar-refractivity contribution in [2.45, 2.75) is 26.3 Å². The lowest BCUT2D eigenvalue weighted by molar-refractivity contribution is -0.131. The highest BCUT2D eigenvalue weighted by atomic mass is 16.4. The molecule has 0 saturated heterocycles. The van der Waals surface area contributed by atoms with Crippen LogP contribution in [0.25, 0.3) is 0 Å². The molecule has 0 rings (SSSR count). The van der Waals surface area contributed by atoms with Crippen LogP contribution < -0.4 is 5.32 Å². The van der Waals surface area contributed by atoms with E-state index < -0.39 is 5.97 Å². The summed E-state index contributed by atoms with van der Waals surface area (Å²) in [5.74, 6) is -1.49. The van der Waals surface area contributed by atoms with Gasteiger partial charge in [-0.25, -0.2) is 4.79 Å². The molecule has 0 fully saturated rings. The molecular formula is C11H20N2O3. The van der Waals surface area contributed by atoms with Crippen LogP contribution in [0, 0.1) is 0 Å². The van der Waals surface area contributed by atoms with Gasteiger partial charge in [-0.15, -0.1) is 0 Å². The predicted octanol–water partition coefficient (Wildman–Crippen LogP) is 0.474. The van der Waals surface area contributed by atoms with Gasteiger partial charge in [-0.1, -0.05) is 6.92 Å². The summed E-state index contributed by atoms with van der Waals surface area (Å²) in [4.78, 5) is 23.4. The monoisotopic (exact) mass is 228 g/mol. The normalized spacial score (nSPS) is 13.0. The number of carboxylic acids is 1. The van der Waals surface area contributed by atoms with Gasteiger partial charge in [-0.2, -0.15) is 0 Å². The molecule has 0 aliphatic rings. The quantitative estimate of drug-likeness (QED) is 0.622. The molecule has 92 valence electrons. The van der Waals surface area contributed by atoms with E-state index in [0.717, 1.165) is 25.1 Å². The van der Waals surface area contributed by atoms with E-state index in [0.29, 0.717) is 12.6 Å². The van der Waals surface area contributed by atoms with Crippen molar-refractivity contribution in [2.24, 2.45) is 0 Å². The average molecular weight is 228 g/mol. The molecule has 5 heteroatoms. The van der Waals surface area contributed by atoms with Gasteiger partial charge in [-0.05, 0) is 20.4 Å². The van der Waals surface area contributed by atoms with Crippen molar-refractivity contribution in [3.05, 3.63) is 12.2 Å². The number of aliphatic carboxylic acids is 1. The summed E-state index contributed by atoms with van der Waals surface area (Å²) in [6, 6.07) is 0.478. The average Bonchev–Trinajstić information content (AvgIpc) is 2.24. The molecule has 2 N–H and O–H groups in total. The fraction of sp³-hybridized carbons (Fsp3) is 0.636. The molecule has 0 aliphatic heterocycles. The number of likely N-dealkylation sites (N-methyl/N-ethyl adjacent to an activating group) is 1. The smallest absolute Gasteiger partial charge is 0.328 e. The van der Waals surface area contributed by atoms with Gasteiger partial charge in [0.25, 0.3) is 0 Å². The first kappa shape index (κ1) is 14.6. The third-order valence-electron chi connectivity index (χ3n) is 2.48. The summed E-state index contributed by atoms with van der Waals surface area (Å²) in [6.07, 6.45) is 2.91. The van der Waals surface area contributed by atoms with Crippen LogP contribution in [0.4, 0.5) is 0 Å². The van der Waals surface area contributed by atoms with Gasteiger partial charge in [0, 0.05) is 31.3 Å². The van der Waals surface area contributed by atoms with Crippen LogP contribution in [0.3, 0.4) is 0 Å². The van der Waals surface area contributed by atoms with E-state index in [1.807, 2.05) is 7.05 Å². The molecule has 0 aromatic carbocycles. The highest BCUT2D eigenvalue weighted by molar-refractivity contribution is 5.93. The molecule has 1 atom stereocenters. The molecule has 0 saturated carbocycles. The molecule has 1 amide bonds. The Morgan fingerprint density at radius 1 is 1.44 bits per heavy atom. The van der Waals surface area contributed by atoms with Crippen LogP contribution in [0.2, 0.25) is 0 Å². The minimum atomic E-state index is -1.12. The zero-order valence-corrected chi connectivity index (χ0v) is 10.1. The Morgan fingerprint density at radius 3 is 2.56 bits per heavy atom. The molecule has 0 bridgehead atoms. The SMILES string of the molecule is CCC(C)N(C)CCNC(=O)/C=C/C(=O)O. The molecule has 1 unspecified atom stereocenters. The minimum absolute atomic E-state index is 0.375. The van der Waals surface area contributed by atoms with Gasteiger partial charge in [0.1, 0.15) is 0 Å². The Labute approximate surface area is 96.1 Å². The molecule has 0 heterocycles. The van der Waals surface area contributed by atoms with Crippen LogP contribution in [-0.4, -0.2) is 48.1 Å². The summed E-state index contributed by atoms with van der Waals surface area (Å²) in [7, 11) is 1.99. The lowest BCUT2D eigenvalue weighted by Gasteiger charge is -2.23. The predicted molar refractivity (Wildman–Crippen MR) is 62.2 cm³/mol. The fourth-order valence-corrected chi connectivity index (χ4v) is 1.09. The number of nitrogens with one attached hydrogen (secondary N) is 1. The molecular weight excluding hydrogens is 208 g/mol. The first-order valence-electron chi connectivity index (χ1n) is 5.36. The third kappa shape index (κ3) is 7.00. The number of hydrogen-bond acceptors (Lipinski definition) is 3. The summed E-state index contributed by atoms with van der Waals surface area (Å²) >= 11 is 0. The Bertz CT molecular complexity index is 264. The van der Waals surface area contributed by atoms with Crippen molar-refractivity contribution in [3.63, 3.8) is 0 Å². The van der Waals surface area contributed by atoms with Crippen LogP contribution >= 0.6 is 0 Å². The minimum Gasteiger partial charge on any atom is -0.478 e. The van der Waals surface area contributed by atoms with Crippen molar-refractivity contribution >= 4 is 11.9 Å². The maximum absolute atomic E-state index is 11.1. The fourth-order valence-electron chi connectivity index (χ4n) is 1.09. The highest BCUT2D eigenvalue weighted by Gasteiger charge is 2.05. The number of amides is 1. The number of carbonyl (C=O) groups is 2. The molecule has 0 aliphatic carbocycles. The standard InChI is InChI=1S/C11H20N2O3/c1-4-9(2)13(3)8-7-12-10(14)5-6-11(15)16/h5-6,9H,4,7-8H2,1-3H3,(H,12,14)(H,15,16)/b6-5+. The second kappa shape index (κ2) is 7.87. The summed E-state index contributed by atoms with van der Waals surface area (Å²) in [5.41, 5.74) is 0. The van der Waals surface area contributed by atoms with Gasteiger partial charge >= 0.3 is 5.97 Å². The van der Waals surface area contributed by atoms with E-state index in [2.05, 4.69) is 24.1 Å². The van der Waals surface area contributed by atoms with E-state index in [-0.39, 0.29) is 5.91 Å². The number of carbonyl (C=O) groups excluding carboxylic acids is 1. The van der Waals surface area contributed by atoms with E-state index in [1.165, 1.54) is 0 Å². The molecule has 0 radical (unpaired) electrons. The second-order valence-corrected chi connectivity index (χ2v) is 3.70. The van der Waals surface area contributed by atoms with Crippen LogP contribution in [0.5, 0.6) is 0 Å². The van der Waals surface area contributed by atoms with Crippen LogP contribution in [0.1, 0.15) is 20.3 Å². The summed E-state index contributed by atoms with van der Waals surface area (Å²) < 4.78 is 0. The zero-order valence-electron chi connectivity index (χ0n) is 10.1.